The van der Waals surface area contributed by atoms with E-state index in [4.69, 9.17) is 18.6 Å². The van der Waals surface area contributed by atoms with Crippen molar-refractivity contribution in [2.24, 2.45) is 5.16 Å². The molecule has 2 aliphatic rings. The lowest BCUT2D eigenvalue weighted by molar-refractivity contribution is 0.170. The molecule has 0 saturated carbocycles. The molecule has 1 unspecified atom stereocenters. The van der Waals surface area contributed by atoms with Crippen LogP contribution in [-0.4, -0.2) is 43.3 Å². The molecule has 0 fully saturated rings. The highest BCUT2D eigenvalue weighted by molar-refractivity contribution is 6.01. The van der Waals surface area contributed by atoms with Crippen LogP contribution in [0.25, 0.3) is 0 Å². The molecular weight excluding hydrogens is 348 g/mol. The van der Waals surface area contributed by atoms with Crippen molar-refractivity contribution < 1.29 is 23.8 Å². The highest BCUT2D eigenvalue weighted by atomic mass is 16.7. The van der Waals surface area contributed by atoms with Crippen molar-refractivity contribution in [3.63, 3.8) is 0 Å². The largest absolute Gasteiger partial charge is 0.492 e. The van der Waals surface area contributed by atoms with Gasteiger partial charge in [-0.2, -0.15) is 0 Å². The van der Waals surface area contributed by atoms with Gasteiger partial charge >= 0.3 is 0 Å². The summed E-state index contributed by atoms with van der Waals surface area (Å²) in [5, 5.41) is 13.3. The van der Waals surface area contributed by atoms with Crippen LogP contribution >= 0.6 is 0 Å². The summed E-state index contributed by atoms with van der Waals surface area (Å²) in [7, 11) is 3.72. The first kappa shape index (κ1) is 17.7. The van der Waals surface area contributed by atoms with Crippen LogP contribution < -0.4 is 14.2 Å². The highest BCUT2D eigenvalue weighted by Gasteiger charge is 2.35. The second-order valence-electron chi connectivity index (χ2n) is 7.04. The lowest BCUT2D eigenvalue weighted by Gasteiger charge is -2.36. The molecule has 1 N–H and O–H groups in total. The SMILES string of the molecule is COc1c2c(cc3c1C(C/C(=N/O)c1cc(C)oc1C)N(C)CC3)OCO2. The Hall–Kier alpha value is -2.67. The molecule has 7 heteroatoms. The number of oxime groups is 1. The van der Waals surface area contributed by atoms with Gasteiger partial charge in [-0.05, 0) is 45.0 Å². The van der Waals surface area contributed by atoms with Crippen molar-refractivity contribution in [3.8, 4) is 17.2 Å². The number of nitrogens with zero attached hydrogens (tertiary/aromatic N) is 2. The van der Waals surface area contributed by atoms with E-state index in [1.165, 1.54) is 5.56 Å². The van der Waals surface area contributed by atoms with E-state index in [1.807, 2.05) is 26.0 Å². The van der Waals surface area contributed by atoms with Crippen molar-refractivity contribution in [3.05, 3.63) is 40.3 Å². The minimum absolute atomic E-state index is 0.0151. The minimum atomic E-state index is -0.0151. The molecule has 2 aliphatic heterocycles. The minimum Gasteiger partial charge on any atom is -0.492 e. The van der Waals surface area contributed by atoms with Gasteiger partial charge in [0.25, 0.3) is 0 Å². The number of likely N-dealkylation sites (N-methyl/N-ethyl adjacent to an activating group) is 1. The van der Waals surface area contributed by atoms with Crippen LogP contribution in [0.3, 0.4) is 0 Å². The highest BCUT2D eigenvalue weighted by Crippen LogP contribution is 2.50. The fraction of sp³-hybridized carbons (Fsp3) is 0.450. The zero-order valence-corrected chi connectivity index (χ0v) is 16.0. The first-order valence-corrected chi connectivity index (χ1v) is 9.01. The smallest absolute Gasteiger partial charge is 0.231 e. The molecule has 0 spiro atoms. The predicted molar refractivity (Wildman–Crippen MR) is 99.3 cm³/mol. The van der Waals surface area contributed by atoms with Crippen molar-refractivity contribution in [1.29, 1.82) is 0 Å². The van der Waals surface area contributed by atoms with E-state index >= 15 is 0 Å². The van der Waals surface area contributed by atoms with E-state index in [9.17, 15) is 5.21 Å². The van der Waals surface area contributed by atoms with E-state index in [-0.39, 0.29) is 12.8 Å². The number of hydrogen-bond acceptors (Lipinski definition) is 7. The molecule has 0 radical (unpaired) electrons. The first-order chi connectivity index (χ1) is 13.0. The molecule has 0 aliphatic carbocycles. The Labute approximate surface area is 158 Å². The van der Waals surface area contributed by atoms with E-state index in [0.29, 0.717) is 23.6 Å². The Morgan fingerprint density at radius 3 is 2.81 bits per heavy atom. The number of furan rings is 1. The molecule has 1 aromatic carbocycles. The van der Waals surface area contributed by atoms with Crippen LogP contribution in [0.5, 0.6) is 17.2 Å². The zero-order chi connectivity index (χ0) is 19.1. The molecule has 4 rings (SSSR count). The summed E-state index contributed by atoms with van der Waals surface area (Å²) >= 11 is 0. The summed E-state index contributed by atoms with van der Waals surface area (Å²) in [4.78, 5) is 2.25. The van der Waals surface area contributed by atoms with Crippen molar-refractivity contribution in [1.82, 2.24) is 4.90 Å². The second kappa shape index (κ2) is 6.81. The fourth-order valence-corrected chi connectivity index (χ4v) is 4.09. The molecule has 7 nitrogen and oxygen atoms in total. The molecule has 1 aromatic heterocycles. The third kappa shape index (κ3) is 2.92. The monoisotopic (exact) mass is 372 g/mol. The van der Waals surface area contributed by atoms with Crippen LogP contribution in [0.15, 0.2) is 21.7 Å². The topological polar surface area (TPSA) is 76.7 Å². The van der Waals surface area contributed by atoms with Crippen LogP contribution in [0.1, 0.15) is 40.7 Å². The van der Waals surface area contributed by atoms with Gasteiger partial charge in [-0.1, -0.05) is 5.16 Å². The van der Waals surface area contributed by atoms with E-state index in [0.717, 1.165) is 41.4 Å². The predicted octanol–water partition coefficient (Wildman–Crippen LogP) is 3.43. The van der Waals surface area contributed by atoms with Gasteiger partial charge in [-0.15, -0.1) is 0 Å². The maximum Gasteiger partial charge on any atom is 0.231 e. The van der Waals surface area contributed by atoms with Crippen molar-refractivity contribution >= 4 is 5.71 Å². The van der Waals surface area contributed by atoms with Crippen LogP contribution in [0, 0.1) is 13.8 Å². The summed E-state index contributed by atoms with van der Waals surface area (Å²) in [6.07, 6.45) is 1.42. The average molecular weight is 372 g/mol. The number of benzene rings is 1. The van der Waals surface area contributed by atoms with Gasteiger partial charge in [0.2, 0.25) is 12.5 Å². The second-order valence-corrected chi connectivity index (χ2v) is 7.04. The van der Waals surface area contributed by atoms with Crippen LogP contribution in [0.2, 0.25) is 0 Å². The maximum absolute atomic E-state index is 9.71. The molecular formula is C20H24N2O5. The zero-order valence-electron chi connectivity index (χ0n) is 16.0. The summed E-state index contributed by atoms with van der Waals surface area (Å²) in [6, 6.07) is 3.94. The van der Waals surface area contributed by atoms with E-state index in [1.54, 1.807) is 7.11 Å². The Morgan fingerprint density at radius 2 is 2.15 bits per heavy atom. The average Bonchev–Trinajstić information content (AvgIpc) is 3.25. The lowest BCUT2D eigenvalue weighted by atomic mass is 9.87. The number of ether oxygens (including phenoxy) is 3. The Morgan fingerprint density at radius 1 is 1.33 bits per heavy atom. The van der Waals surface area contributed by atoms with Crippen molar-refractivity contribution in [2.75, 3.05) is 27.5 Å². The Balaban J connectivity index is 1.77. The molecule has 144 valence electrons. The summed E-state index contributed by atoms with van der Waals surface area (Å²) in [6.45, 7) is 4.86. The lowest BCUT2D eigenvalue weighted by Crippen LogP contribution is -2.34. The normalized spacial score (nSPS) is 19.3. The number of aryl methyl sites for hydroxylation is 2. The fourth-order valence-electron chi connectivity index (χ4n) is 4.09. The number of methoxy groups -OCH3 is 1. The van der Waals surface area contributed by atoms with Gasteiger partial charge in [-0.3, -0.25) is 4.90 Å². The molecule has 0 bridgehead atoms. The van der Waals surface area contributed by atoms with Crippen molar-refractivity contribution in [2.45, 2.75) is 32.7 Å². The van der Waals surface area contributed by atoms with E-state index in [2.05, 4.69) is 17.1 Å². The molecule has 2 aromatic rings. The van der Waals surface area contributed by atoms with Crippen LogP contribution in [0.4, 0.5) is 0 Å². The molecule has 0 amide bonds. The van der Waals surface area contributed by atoms with Crippen LogP contribution in [-0.2, 0) is 6.42 Å². The van der Waals surface area contributed by atoms with Gasteiger partial charge in [0.15, 0.2) is 11.5 Å². The Kier molecular flexibility index (Phi) is 4.47. The van der Waals surface area contributed by atoms with E-state index < -0.39 is 0 Å². The Bertz CT molecular complexity index is 902. The van der Waals surface area contributed by atoms with Gasteiger partial charge in [-0.25, -0.2) is 0 Å². The summed E-state index contributed by atoms with van der Waals surface area (Å²) in [5.41, 5.74) is 3.66. The number of hydrogen-bond donors (Lipinski definition) is 1. The quantitative estimate of drug-likeness (QED) is 0.503. The summed E-state index contributed by atoms with van der Waals surface area (Å²) in [5.74, 6) is 3.62. The third-order valence-electron chi connectivity index (χ3n) is 5.41. The van der Waals surface area contributed by atoms with Gasteiger partial charge in [0.05, 0.1) is 12.8 Å². The molecule has 3 heterocycles. The van der Waals surface area contributed by atoms with Gasteiger partial charge < -0.3 is 23.8 Å². The standard InChI is InChI=1S/C20H24N2O5/c1-11-7-14(12(2)27-11)15(21-23)9-16-18-13(5-6-22(16)3)8-17-19(20(18)24-4)26-10-25-17/h7-8,16,23H,5-6,9-10H2,1-4H3/b21-15-. The van der Waals surface area contributed by atoms with Gasteiger partial charge in [0.1, 0.15) is 11.5 Å². The first-order valence-electron chi connectivity index (χ1n) is 9.01. The number of rotatable bonds is 4. The van der Waals surface area contributed by atoms with Gasteiger partial charge in [0, 0.05) is 30.1 Å². The molecule has 0 saturated heterocycles. The number of fused-ring (bicyclic) bond motifs is 2. The molecule has 1 atom stereocenters. The summed E-state index contributed by atoms with van der Waals surface area (Å²) < 4.78 is 22.6. The maximum atomic E-state index is 9.71. The third-order valence-corrected chi connectivity index (χ3v) is 5.41. The molecule has 27 heavy (non-hydrogen) atoms.